The fraction of sp³-hybridized carbons (Fsp3) is 0.182. The zero-order valence-corrected chi connectivity index (χ0v) is 14.2. The van der Waals surface area contributed by atoms with E-state index in [2.05, 4.69) is 0 Å². The second-order valence-corrected chi connectivity index (χ2v) is 6.43. The summed E-state index contributed by atoms with van der Waals surface area (Å²) in [5.74, 6) is 1.49. The van der Waals surface area contributed by atoms with E-state index in [1.54, 1.807) is 18.2 Å². The average Bonchev–Trinajstić information content (AvgIpc) is 2.68. The molecule has 0 saturated carbocycles. The van der Waals surface area contributed by atoms with E-state index >= 15 is 0 Å². The summed E-state index contributed by atoms with van der Waals surface area (Å²) in [5, 5.41) is 20.0. The van der Waals surface area contributed by atoms with Gasteiger partial charge >= 0.3 is 0 Å². The molecule has 2 atom stereocenters. The van der Waals surface area contributed by atoms with E-state index in [4.69, 9.17) is 9.47 Å². The third-order valence-electron chi connectivity index (χ3n) is 4.54. The molecular formula is C22H20O4. The maximum Gasteiger partial charge on any atom is 0.127 e. The van der Waals surface area contributed by atoms with Crippen molar-refractivity contribution < 1.29 is 19.7 Å². The molecule has 1 aliphatic rings. The summed E-state index contributed by atoms with van der Waals surface area (Å²) in [6, 6.07) is 22.6. The van der Waals surface area contributed by atoms with Gasteiger partial charge in [-0.15, -0.1) is 0 Å². The second kappa shape index (κ2) is 7.10. The second-order valence-electron chi connectivity index (χ2n) is 6.43. The van der Waals surface area contributed by atoms with Crippen LogP contribution in [0.3, 0.4) is 0 Å². The number of phenols is 1. The average molecular weight is 348 g/mol. The maximum atomic E-state index is 10.4. The van der Waals surface area contributed by atoms with Crippen molar-refractivity contribution in [2.45, 2.75) is 25.2 Å². The number of benzene rings is 3. The first kappa shape index (κ1) is 16.5. The molecule has 0 aromatic heterocycles. The van der Waals surface area contributed by atoms with Crippen molar-refractivity contribution in [1.29, 1.82) is 0 Å². The summed E-state index contributed by atoms with van der Waals surface area (Å²) < 4.78 is 11.9. The molecule has 4 heteroatoms. The number of aliphatic hydroxyl groups is 1. The van der Waals surface area contributed by atoms with Crippen LogP contribution >= 0.6 is 0 Å². The highest BCUT2D eigenvalue weighted by molar-refractivity contribution is 5.43. The van der Waals surface area contributed by atoms with E-state index in [0.29, 0.717) is 24.3 Å². The van der Waals surface area contributed by atoms with Gasteiger partial charge in [-0.2, -0.15) is 0 Å². The molecule has 1 heterocycles. The molecule has 2 unspecified atom stereocenters. The van der Waals surface area contributed by atoms with Crippen molar-refractivity contribution in [1.82, 2.24) is 0 Å². The van der Waals surface area contributed by atoms with Crippen molar-refractivity contribution in [3.05, 3.63) is 89.5 Å². The third-order valence-corrected chi connectivity index (χ3v) is 4.54. The topological polar surface area (TPSA) is 58.9 Å². The Morgan fingerprint density at radius 3 is 2.65 bits per heavy atom. The first-order valence-electron chi connectivity index (χ1n) is 8.63. The molecule has 26 heavy (non-hydrogen) atoms. The minimum absolute atomic E-state index is 0.126. The highest BCUT2D eigenvalue weighted by Crippen LogP contribution is 2.42. The lowest BCUT2D eigenvalue weighted by Crippen LogP contribution is -2.19. The van der Waals surface area contributed by atoms with Crippen LogP contribution in [0.5, 0.6) is 17.2 Å². The molecule has 132 valence electrons. The Morgan fingerprint density at radius 1 is 0.962 bits per heavy atom. The predicted molar refractivity (Wildman–Crippen MR) is 98.3 cm³/mol. The molecule has 0 amide bonds. The van der Waals surface area contributed by atoms with Crippen LogP contribution in [0.2, 0.25) is 0 Å². The first-order chi connectivity index (χ1) is 12.7. The highest BCUT2D eigenvalue weighted by atomic mass is 16.5. The van der Waals surface area contributed by atoms with E-state index in [9.17, 15) is 10.2 Å². The van der Waals surface area contributed by atoms with E-state index in [1.807, 2.05) is 54.6 Å². The zero-order chi connectivity index (χ0) is 17.9. The van der Waals surface area contributed by atoms with Gasteiger partial charge in [0.15, 0.2) is 0 Å². The van der Waals surface area contributed by atoms with E-state index in [-0.39, 0.29) is 11.9 Å². The van der Waals surface area contributed by atoms with Crippen molar-refractivity contribution in [3.8, 4) is 17.2 Å². The van der Waals surface area contributed by atoms with Gasteiger partial charge in [0, 0.05) is 12.0 Å². The molecule has 0 radical (unpaired) electrons. The van der Waals surface area contributed by atoms with Crippen molar-refractivity contribution in [2.75, 3.05) is 0 Å². The van der Waals surface area contributed by atoms with Gasteiger partial charge in [-0.3, -0.25) is 0 Å². The predicted octanol–water partition coefficient (Wildman–Crippen LogP) is 4.53. The summed E-state index contributed by atoms with van der Waals surface area (Å²) in [5.41, 5.74) is 2.68. The fourth-order valence-corrected chi connectivity index (χ4v) is 3.18. The number of ether oxygens (including phenoxy) is 2. The van der Waals surface area contributed by atoms with Crippen LogP contribution in [0.1, 0.15) is 35.3 Å². The third kappa shape index (κ3) is 3.51. The van der Waals surface area contributed by atoms with Crippen LogP contribution in [0.25, 0.3) is 0 Å². The van der Waals surface area contributed by atoms with Crippen LogP contribution < -0.4 is 9.47 Å². The first-order valence-corrected chi connectivity index (χ1v) is 8.63. The molecule has 3 aromatic rings. The molecule has 0 aliphatic carbocycles. The number of hydrogen-bond donors (Lipinski definition) is 2. The molecular weight excluding hydrogens is 328 g/mol. The van der Waals surface area contributed by atoms with E-state index in [0.717, 1.165) is 16.9 Å². The Hall–Kier alpha value is -2.98. The largest absolute Gasteiger partial charge is 0.508 e. The number of aromatic hydroxyl groups is 1. The monoisotopic (exact) mass is 348 g/mol. The molecule has 0 fully saturated rings. The smallest absolute Gasteiger partial charge is 0.127 e. The number of phenolic OH excluding ortho intramolecular Hbond substituents is 1. The Bertz CT molecular complexity index is 892. The quantitative estimate of drug-likeness (QED) is 0.727. The Morgan fingerprint density at radius 2 is 1.81 bits per heavy atom. The van der Waals surface area contributed by atoms with Crippen molar-refractivity contribution in [2.24, 2.45) is 0 Å². The lowest BCUT2D eigenvalue weighted by molar-refractivity contribution is 0.0653. The van der Waals surface area contributed by atoms with Gasteiger partial charge in [0.1, 0.15) is 30.0 Å². The summed E-state index contributed by atoms with van der Waals surface area (Å²) in [4.78, 5) is 0. The lowest BCUT2D eigenvalue weighted by Gasteiger charge is -2.30. The summed E-state index contributed by atoms with van der Waals surface area (Å²) in [6.45, 7) is 0.501. The van der Waals surface area contributed by atoms with Crippen LogP contribution in [0, 0.1) is 0 Å². The number of aliphatic hydroxyl groups excluding tert-OH is 1. The molecule has 4 rings (SSSR count). The van der Waals surface area contributed by atoms with Crippen molar-refractivity contribution >= 4 is 0 Å². The highest BCUT2D eigenvalue weighted by Gasteiger charge is 2.28. The van der Waals surface area contributed by atoms with Gasteiger partial charge in [-0.25, -0.2) is 0 Å². The van der Waals surface area contributed by atoms with Crippen molar-refractivity contribution in [3.63, 3.8) is 0 Å². The molecule has 0 saturated heterocycles. The SMILES string of the molecule is Oc1ccc2c(c1)C(O)CC(c1cccc(OCc3ccccc3)c1)O2. The number of hydrogen-bond acceptors (Lipinski definition) is 4. The van der Waals surface area contributed by atoms with Crippen LogP contribution in [-0.4, -0.2) is 10.2 Å². The van der Waals surface area contributed by atoms with Gasteiger partial charge in [0.2, 0.25) is 0 Å². The number of rotatable bonds is 4. The van der Waals surface area contributed by atoms with E-state index in [1.165, 1.54) is 0 Å². The zero-order valence-electron chi connectivity index (χ0n) is 14.2. The minimum atomic E-state index is -0.676. The van der Waals surface area contributed by atoms with Crippen LogP contribution in [0.15, 0.2) is 72.8 Å². The van der Waals surface area contributed by atoms with Gasteiger partial charge < -0.3 is 19.7 Å². The minimum Gasteiger partial charge on any atom is -0.508 e. The maximum absolute atomic E-state index is 10.4. The van der Waals surface area contributed by atoms with E-state index < -0.39 is 6.10 Å². The number of fused-ring (bicyclic) bond motifs is 1. The lowest BCUT2D eigenvalue weighted by atomic mass is 9.95. The molecule has 0 bridgehead atoms. The Labute approximate surface area is 152 Å². The van der Waals surface area contributed by atoms with Gasteiger partial charge in [0.25, 0.3) is 0 Å². The van der Waals surface area contributed by atoms with Gasteiger partial charge in [-0.1, -0.05) is 42.5 Å². The van der Waals surface area contributed by atoms with Crippen LogP contribution in [-0.2, 0) is 6.61 Å². The van der Waals surface area contributed by atoms with Gasteiger partial charge in [-0.05, 0) is 41.5 Å². The molecule has 1 aliphatic heterocycles. The fourth-order valence-electron chi connectivity index (χ4n) is 3.18. The molecule has 4 nitrogen and oxygen atoms in total. The molecule has 3 aromatic carbocycles. The molecule has 0 spiro atoms. The normalized spacial score (nSPS) is 18.7. The Balaban J connectivity index is 1.51. The summed E-state index contributed by atoms with van der Waals surface area (Å²) >= 11 is 0. The standard InChI is InChI=1S/C22H20O4/c23-17-9-10-21-19(12-17)20(24)13-22(26-21)16-7-4-8-18(11-16)25-14-15-5-2-1-3-6-15/h1-12,20,22-24H,13-14H2. The summed E-state index contributed by atoms with van der Waals surface area (Å²) in [6.07, 6.45) is -0.509. The molecule has 2 N–H and O–H groups in total. The van der Waals surface area contributed by atoms with Crippen LogP contribution in [0.4, 0.5) is 0 Å². The summed E-state index contributed by atoms with van der Waals surface area (Å²) in [7, 11) is 0. The Kier molecular flexibility index (Phi) is 4.50. The van der Waals surface area contributed by atoms with Gasteiger partial charge in [0.05, 0.1) is 6.10 Å².